The molecule has 0 aromatic heterocycles. The minimum absolute atomic E-state index is 0.134. The van der Waals surface area contributed by atoms with Crippen LogP contribution in [-0.4, -0.2) is 10.5 Å². The number of hydrogen-bond donors (Lipinski definition) is 1. The molecular weight excluding hydrogens is 108 g/mol. The lowest BCUT2D eigenvalue weighted by molar-refractivity contribution is 0.253. The van der Waals surface area contributed by atoms with Crippen LogP contribution in [0.5, 0.6) is 0 Å². The van der Waals surface area contributed by atoms with Crippen LogP contribution in [0.4, 0.5) is 0 Å². The fourth-order valence-electron chi connectivity index (χ4n) is 0.521. The van der Waals surface area contributed by atoms with Crippen LogP contribution in [0.3, 0.4) is 0 Å². The molecule has 0 aromatic rings. The van der Waals surface area contributed by atoms with Crippen molar-refractivity contribution in [2.24, 2.45) is 0 Å². The summed E-state index contributed by atoms with van der Waals surface area (Å²) in [5.74, 6) is 0. The first-order valence-electron chi connectivity index (χ1n) is 2.38. The third kappa shape index (κ3) is 1.53. The highest BCUT2D eigenvalue weighted by Crippen LogP contribution is 2.19. The van der Waals surface area contributed by atoms with Crippen LogP contribution in [0.15, 0.2) is 11.5 Å². The van der Waals surface area contributed by atoms with Crippen LogP contribution in [-0.2, 0) is 0 Å². The van der Waals surface area contributed by atoms with Gasteiger partial charge in [0.25, 0.3) is 0 Å². The maximum atomic E-state index is 8.82. The second kappa shape index (κ2) is 2.38. The predicted octanol–water partition coefficient (Wildman–Crippen LogP) is 1.35. The summed E-state index contributed by atoms with van der Waals surface area (Å²) in [6, 6.07) is 0. The molecular formula is C5H8OS. The molecule has 0 aromatic carbocycles. The summed E-state index contributed by atoms with van der Waals surface area (Å²) >= 11 is 1.49. The fourth-order valence-corrected chi connectivity index (χ4v) is 1.22. The molecule has 1 heterocycles. The molecule has 1 atom stereocenters. The van der Waals surface area contributed by atoms with Crippen molar-refractivity contribution >= 4 is 11.8 Å². The number of aliphatic hydroxyl groups is 1. The van der Waals surface area contributed by atoms with Crippen molar-refractivity contribution in [2.75, 3.05) is 0 Å². The maximum absolute atomic E-state index is 8.82. The van der Waals surface area contributed by atoms with Gasteiger partial charge in [-0.3, -0.25) is 0 Å². The predicted molar refractivity (Wildman–Crippen MR) is 32.0 cm³/mol. The molecule has 0 aliphatic carbocycles. The number of aliphatic hydroxyl groups excluding tert-OH is 1. The van der Waals surface area contributed by atoms with Gasteiger partial charge in [-0.1, -0.05) is 6.08 Å². The quantitative estimate of drug-likeness (QED) is 0.515. The maximum Gasteiger partial charge on any atom is 0.103 e. The van der Waals surface area contributed by atoms with Gasteiger partial charge in [0.2, 0.25) is 0 Å². The van der Waals surface area contributed by atoms with Gasteiger partial charge in [-0.05, 0) is 18.2 Å². The lowest BCUT2D eigenvalue weighted by atomic mass is 10.3. The SMILES string of the molecule is OC1CCC=CS1. The molecule has 2 heteroatoms. The molecule has 1 nitrogen and oxygen atoms in total. The van der Waals surface area contributed by atoms with Crippen molar-refractivity contribution in [3.63, 3.8) is 0 Å². The summed E-state index contributed by atoms with van der Waals surface area (Å²) < 4.78 is 0. The Balaban J connectivity index is 2.32. The highest BCUT2D eigenvalue weighted by Gasteiger charge is 2.02. The van der Waals surface area contributed by atoms with Crippen molar-refractivity contribution < 1.29 is 5.11 Å². The van der Waals surface area contributed by atoms with Crippen LogP contribution in [0, 0.1) is 0 Å². The molecule has 0 saturated heterocycles. The smallest absolute Gasteiger partial charge is 0.103 e. The zero-order valence-electron chi connectivity index (χ0n) is 4.00. The molecule has 1 rings (SSSR count). The van der Waals surface area contributed by atoms with Gasteiger partial charge in [0.15, 0.2) is 0 Å². The van der Waals surface area contributed by atoms with Crippen LogP contribution >= 0.6 is 11.8 Å². The van der Waals surface area contributed by atoms with Crippen molar-refractivity contribution in [1.82, 2.24) is 0 Å². The van der Waals surface area contributed by atoms with Gasteiger partial charge in [0.05, 0.1) is 0 Å². The molecule has 0 radical (unpaired) electrons. The largest absolute Gasteiger partial charge is 0.382 e. The molecule has 1 unspecified atom stereocenters. The number of rotatable bonds is 0. The van der Waals surface area contributed by atoms with Gasteiger partial charge >= 0.3 is 0 Å². The van der Waals surface area contributed by atoms with E-state index in [-0.39, 0.29) is 5.44 Å². The molecule has 0 fully saturated rings. The number of hydrogen-bond acceptors (Lipinski definition) is 2. The Labute approximate surface area is 47.4 Å². The van der Waals surface area contributed by atoms with Gasteiger partial charge in [0.1, 0.15) is 5.44 Å². The summed E-state index contributed by atoms with van der Waals surface area (Å²) in [7, 11) is 0. The number of allylic oxidation sites excluding steroid dienone is 1. The third-order valence-corrected chi connectivity index (χ3v) is 1.81. The van der Waals surface area contributed by atoms with E-state index >= 15 is 0 Å². The van der Waals surface area contributed by atoms with Crippen LogP contribution in [0.25, 0.3) is 0 Å². The highest BCUT2D eigenvalue weighted by atomic mass is 32.2. The van der Waals surface area contributed by atoms with Gasteiger partial charge < -0.3 is 5.11 Å². The summed E-state index contributed by atoms with van der Waals surface area (Å²) in [6.07, 6.45) is 4.03. The van der Waals surface area contributed by atoms with Crippen LogP contribution in [0.1, 0.15) is 12.8 Å². The van der Waals surface area contributed by atoms with Crippen molar-refractivity contribution in [3.05, 3.63) is 11.5 Å². The van der Waals surface area contributed by atoms with E-state index < -0.39 is 0 Å². The zero-order chi connectivity index (χ0) is 5.11. The first-order valence-corrected chi connectivity index (χ1v) is 3.32. The number of thioether (sulfide) groups is 1. The molecule has 0 saturated carbocycles. The van der Waals surface area contributed by atoms with Gasteiger partial charge in [-0.25, -0.2) is 0 Å². The van der Waals surface area contributed by atoms with E-state index in [4.69, 9.17) is 5.11 Å². The van der Waals surface area contributed by atoms with Crippen molar-refractivity contribution in [1.29, 1.82) is 0 Å². The molecule has 0 bridgehead atoms. The van der Waals surface area contributed by atoms with Crippen LogP contribution < -0.4 is 0 Å². The van der Waals surface area contributed by atoms with E-state index in [1.807, 2.05) is 5.41 Å². The monoisotopic (exact) mass is 116 g/mol. The Morgan fingerprint density at radius 1 is 1.71 bits per heavy atom. The Bertz CT molecular complexity index is 80.1. The van der Waals surface area contributed by atoms with E-state index in [2.05, 4.69) is 6.08 Å². The first-order chi connectivity index (χ1) is 3.39. The fraction of sp³-hybridized carbons (Fsp3) is 0.600. The average Bonchev–Trinajstić information content (AvgIpc) is 1.69. The molecule has 7 heavy (non-hydrogen) atoms. The summed E-state index contributed by atoms with van der Waals surface area (Å²) in [5, 5.41) is 10.8. The van der Waals surface area contributed by atoms with Gasteiger partial charge in [-0.15, -0.1) is 11.8 Å². The minimum atomic E-state index is -0.134. The van der Waals surface area contributed by atoms with Crippen molar-refractivity contribution in [3.8, 4) is 0 Å². The molecule has 1 N–H and O–H groups in total. The lowest BCUT2D eigenvalue weighted by Gasteiger charge is -2.08. The van der Waals surface area contributed by atoms with E-state index in [9.17, 15) is 0 Å². The zero-order valence-corrected chi connectivity index (χ0v) is 4.82. The molecule has 1 aliphatic rings. The Kier molecular flexibility index (Phi) is 1.77. The van der Waals surface area contributed by atoms with Gasteiger partial charge in [0, 0.05) is 0 Å². The normalized spacial score (nSPS) is 30.7. The summed E-state index contributed by atoms with van der Waals surface area (Å²) in [6.45, 7) is 0. The van der Waals surface area contributed by atoms with E-state index in [0.29, 0.717) is 0 Å². The van der Waals surface area contributed by atoms with Crippen molar-refractivity contribution in [2.45, 2.75) is 18.3 Å². The van der Waals surface area contributed by atoms with E-state index in [1.54, 1.807) is 0 Å². The Morgan fingerprint density at radius 3 is 2.86 bits per heavy atom. The molecule has 1 aliphatic heterocycles. The summed E-state index contributed by atoms with van der Waals surface area (Å²) in [4.78, 5) is 0. The second-order valence-corrected chi connectivity index (χ2v) is 2.63. The third-order valence-electron chi connectivity index (χ3n) is 0.912. The molecule has 40 valence electrons. The average molecular weight is 116 g/mol. The standard InChI is InChI=1S/C5H8OS/c6-5-3-1-2-4-7-5/h2,4-6H,1,3H2. The summed E-state index contributed by atoms with van der Waals surface area (Å²) in [5.41, 5.74) is -0.134. The second-order valence-electron chi connectivity index (χ2n) is 1.54. The Hall–Kier alpha value is 0.0500. The van der Waals surface area contributed by atoms with E-state index in [1.165, 1.54) is 11.8 Å². The first kappa shape index (κ1) is 5.19. The van der Waals surface area contributed by atoms with E-state index in [0.717, 1.165) is 12.8 Å². The molecule has 0 amide bonds. The van der Waals surface area contributed by atoms with Gasteiger partial charge in [-0.2, -0.15) is 0 Å². The molecule has 0 spiro atoms. The topological polar surface area (TPSA) is 20.2 Å². The minimum Gasteiger partial charge on any atom is -0.382 e. The Morgan fingerprint density at radius 2 is 2.57 bits per heavy atom. The van der Waals surface area contributed by atoms with Crippen LogP contribution in [0.2, 0.25) is 0 Å². The lowest BCUT2D eigenvalue weighted by Crippen LogP contribution is -1.99. The highest BCUT2D eigenvalue weighted by molar-refractivity contribution is 8.02.